The molecule has 0 spiro atoms. The number of carbonyl (C=O) groups is 2. The first-order valence-corrected chi connectivity index (χ1v) is 5.68. The second-order valence-corrected chi connectivity index (χ2v) is 4.08. The average Bonchev–Trinajstić information content (AvgIpc) is 2.47. The number of ketones is 1. The van der Waals surface area contributed by atoms with Gasteiger partial charge >= 0.3 is 5.97 Å². The van der Waals surface area contributed by atoms with Crippen molar-refractivity contribution in [2.75, 3.05) is 0 Å². The molecule has 2 aromatic rings. The molecule has 0 bridgehead atoms. The van der Waals surface area contributed by atoms with Gasteiger partial charge in [-0.1, -0.05) is 60.7 Å². The van der Waals surface area contributed by atoms with Crippen molar-refractivity contribution < 1.29 is 19.8 Å². The molecule has 0 heterocycles. The van der Waals surface area contributed by atoms with E-state index in [1.165, 1.54) is 24.3 Å². The molecule has 0 saturated heterocycles. The number of aliphatic hydroxyl groups is 1. The van der Waals surface area contributed by atoms with Crippen LogP contribution in [-0.4, -0.2) is 22.0 Å². The van der Waals surface area contributed by atoms with Gasteiger partial charge in [0.1, 0.15) is 0 Å². The quantitative estimate of drug-likeness (QED) is 0.646. The van der Waals surface area contributed by atoms with Crippen molar-refractivity contribution >= 4 is 11.8 Å². The van der Waals surface area contributed by atoms with E-state index < -0.39 is 17.4 Å². The summed E-state index contributed by atoms with van der Waals surface area (Å²) in [6.07, 6.45) is 0. The Morgan fingerprint density at radius 2 is 1.32 bits per heavy atom. The van der Waals surface area contributed by atoms with Gasteiger partial charge in [0.2, 0.25) is 5.78 Å². The van der Waals surface area contributed by atoms with Crippen LogP contribution in [0, 0.1) is 0 Å². The Bertz CT molecular complexity index is 592. The van der Waals surface area contributed by atoms with Gasteiger partial charge in [0, 0.05) is 11.1 Å². The molecule has 19 heavy (non-hydrogen) atoms. The molecule has 0 fully saturated rings. The van der Waals surface area contributed by atoms with Crippen LogP contribution < -0.4 is 0 Å². The van der Waals surface area contributed by atoms with Crippen LogP contribution in [0.15, 0.2) is 60.7 Å². The number of Topliss-reactive ketones (excluding diaryl/α,β-unsaturated/α-hetero) is 1. The molecule has 0 radical (unpaired) electrons. The summed E-state index contributed by atoms with van der Waals surface area (Å²) in [5.74, 6) is -2.45. The second kappa shape index (κ2) is 5.04. The highest BCUT2D eigenvalue weighted by Gasteiger charge is 2.46. The Labute approximate surface area is 109 Å². The predicted molar refractivity (Wildman–Crippen MR) is 68.7 cm³/mol. The number of carboxylic acids is 1. The Balaban J connectivity index is 2.53. The Kier molecular flexibility index (Phi) is 3.44. The first-order chi connectivity index (χ1) is 9.06. The van der Waals surface area contributed by atoms with Crippen LogP contribution in [0.3, 0.4) is 0 Å². The van der Waals surface area contributed by atoms with Crippen molar-refractivity contribution in [3.05, 3.63) is 71.8 Å². The van der Waals surface area contributed by atoms with Crippen LogP contribution in [0.25, 0.3) is 0 Å². The van der Waals surface area contributed by atoms with Gasteiger partial charge in [-0.25, -0.2) is 4.79 Å². The Morgan fingerprint density at radius 1 is 0.842 bits per heavy atom. The van der Waals surface area contributed by atoms with Gasteiger partial charge < -0.3 is 10.2 Å². The predicted octanol–water partition coefficient (Wildman–Crippen LogP) is 1.84. The summed E-state index contributed by atoms with van der Waals surface area (Å²) in [6, 6.07) is 15.5. The van der Waals surface area contributed by atoms with E-state index in [0.717, 1.165) is 0 Å². The van der Waals surface area contributed by atoms with Gasteiger partial charge in [0.05, 0.1) is 0 Å². The first-order valence-electron chi connectivity index (χ1n) is 5.68. The van der Waals surface area contributed by atoms with E-state index in [-0.39, 0.29) is 11.1 Å². The number of carboxylic acid groups (broad SMARTS) is 1. The normalized spacial score (nSPS) is 13.5. The second-order valence-electron chi connectivity index (χ2n) is 4.08. The molecule has 2 N–H and O–H groups in total. The Hall–Kier alpha value is -2.46. The van der Waals surface area contributed by atoms with Crippen LogP contribution in [0.1, 0.15) is 15.9 Å². The maximum Gasteiger partial charge on any atom is 0.348 e. The largest absolute Gasteiger partial charge is 0.478 e. The number of benzene rings is 2. The molecule has 0 saturated carbocycles. The highest BCUT2D eigenvalue weighted by Crippen LogP contribution is 2.26. The van der Waals surface area contributed by atoms with Crippen molar-refractivity contribution in [3.63, 3.8) is 0 Å². The first kappa shape index (κ1) is 13.0. The van der Waals surface area contributed by atoms with Crippen molar-refractivity contribution in [3.8, 4) is 0 Å². The number of hydrogen-bond acceptors (Lipinski definition) is 3. The van der Waals surface area contributed by atoms with Crippen LogP contribution in [0.4, 0.5) is 0 Å². The lowest BCUT2D eigenvalue weighted by molar-refractivity contribution is -0.154. The molecule has 1 atom stereocenters. The van der Waals surface area contributed by atoms with Gasteiger partial charge in [0.25, 0.3) is 5.60 Å². The van der Waals surface area contributed by atoms with Crippen molar-refractivity contribution in [1.29, 1.82) is 0 Å². The summed E-state index contributed by atoms with van der Waals surface area (Å²) in [7, 11) is 0. The summed E-state index contributed by atoms with van der Waals surface area (Å²) in [4.78, 5) is 23.6. The molecule has 0 aliphatic rings. The van der Waals surface area contributed by atoms with E-state index in [0.29, 0.717) is 0 Å². The van der Waals surface area contributed by atoms with Gasteiger partial charge in [-0.15, -0.1) is 0 Å². The molecule has 0 aliphatic heterocycles. The van der Waals surface area contributed by atoms with Crippen molar-refractivity contribution in [2.24, 2.45) is 0 Å². The summed E-state index contributed by atoms with van der Waals surface area (Å²) >= 11 is 0. The highest BCUT2D eigenvalue weighted by molar-refractivity contribution is 6.15. The molecule has 0 aliphatic carbocycles. The third kappa shape index (κ3) is 2.26. The zero-order valence-corrected chi connectivity index (χ0v) is 9.98. The Morgan fingerprint density at radius 3 is 1.79 bits per heavy atom. The van der Waals surface area contributed by atoms with E-state index in [9.17, 15) is 19.8 Å². The monoisotopic (exact) mass is 256 g/mol. The van der Waals surface area contributed by atoms with Crippen LogP contribution in [0.5, 0.6) is 0 Å². The van der Waals surface area contributed by atoms with E-state index in [1.807, 2.05) is 0 Å². The average molecular weight is 256 g/mol. The van der Waals surface area contributed by atoms with E-state index >= 15 is 0 Å². The summed E-state index contributed by atoms with van der Waals surface area (Å²) in [5.41, 5.74) is -2.38. The molecule has 1 unspecified atom stereocenters. The zero-order valence-electron chi connectivity index (χ0n) is 9.98. The maximum absolute atomic E-state index is 12.3. The SMILES string of the molecule is O=C(O)C(O)(C(=O)c1ccccc1)c1ccccc1. The summed E-state index contributed by atoms with van der Waals surface area (Å²) < 4.78 is 0. The molecular weight excluding hydrogens is 244 g/mol. The molecule has 0 aromatic heterocycles. The van der Waals surface area contributed by atoms with Gasteiger partial charge in [-0.05, 0) is 0 Å². The standard InChI is InChI=1S/C15H12O4/c16-13(11-7-3-1-4-8-11)15(19,14(17)18)12-9-5-2-6-10-12/h1-10,19H,(H,17,18). The number of carbonyl (C=O) groups excluding carboxylic acids is 1. The van der Waals surface area contributed by atoms with Crippen molar-refractivity contribution in [1.82, 2.24) is 0 Å². The fraction of sp³-hybridized carbons (Fsp3) is 0.0667. The molecule has 0 amide bonds. The number of aliphatic carboxylic acids is 1. The number of hydrogen-bond donors (Lipinski definition) is 2. The van der Waals surface area contributed by atoms with Gasteiger partial charge in [-0.2, -0.15) is 0 Å². The highest BCUT2D eigenvalue weighted by atomic mass is 16.4. The summed E-state index contributed by atoms with van der Waals surface area (Å²) in [6.45, 7) is 0. The van der Waals surface area contributed by atoms with Crippen LogP contribution in [-0.2, 0) is 10.4 Å². The minimum absolute atomic E-state index is 0.0383. The fourth-order valence-electron chi connectivity index (χ4n) is 1.83. The zero-order chi connectivity index (χ0) is 13.9. The molecule has 2 aromatic carbocycles. The molecular formula is C15H12O4. The van der Waals surface area contributed by atoms with E-state index in [1.54, 1.807) is 36.4 Å². The van der Waals surface area contributed by atoms with Crippen LogP contribution >= 0.6 is 0 Å². The topological polar surface area (TPSA) is 74.6 Å². The smallest absolute Gasteiger partial charge is 0.348 e. The lowest BCUT2D eigenvalue weighted by Gasteiger charge is -2.22. The molecule has 2 rings (SSSR count). The fourth-order valence-corrected chi connectivity index (χ4v) is 1.83. The third-order valence-electron chi connectivity index (χ3n) is 2.87. The molecule has 4 nitrogen and oxygen atoms in total. The lowest BCUT2D eigenvalue weighted by atomic mass is 9.86. The number of rotatable bonds is 4. The minimum Gasteiger partial charge on any atom is -0.478 e. The van der Waals surface area contributed by atoms with Crippen LogP contribution in [0.2, 0.25) is 0 Å². The molecule has 4 heteroatoms. The minimum atomic E-state index is -2.57. The maximum atomic E-state index is 12.3. The summed E-state index contributed by atoms with van der Waals surface area (Å²) in [5, 5.41) is 19.6. The molecule has 96 valence electrons. The van der Waals surface area contributed by atoms with Gasteiger partial charge in [0.15, 0.2) is 0 Å². The van der Waals surface area contributed by atoms with Gasteiger partial charge in [-0.3, -0.25) is 4.79 Å². The van der Waals surface area contributed by atoms with Crippen molar-refractivity contribution in [2.45, 2.75) is 5.60 Å². The third-order valence-corrected chi connectivity index (χ3v) is 2.87. The van der Waals surface area contributed by atoms with E-state index in [4.69, 9.17) is 0 Å². The lowest BCUT2D eigenvalue weighted by Crippen LogP contribution is -2.43. The van der Waals surface area contributed by atoms with E-state index in [2.05, 4.69) is 0 Å².